The molecule has 0 bridgehead atoms. The van der Waals surface area contributed by atoms with Crippen molar-refractivity contribution in [1.82, 2.24) is 4.98 Å². The maximum Gasteiger partial charge on any atom is 0.351 e. The van der Waals surface area contributed by atoms with Crippen LogP contribution in [-0.2, 0) is 28.9 Å². The third-order valence-electron chi connectivity index (χ3n) is 6.66. The van der Waals surface area contributed by atoms with Crippen molar-refractivity contribution < 1.29 is 23.7 Å². The van der Waals surface area contributed by atoms with Gasteiger partial charge in [-0.05, 0) is 47.7 Å². The first-order valence-corrected chi connectivity index (χ1v) is 12.8. The van der Waals surface area contributed by atoms with Crippen LogP contribution < -0.4 is 24.4 Å². The quantitative estimate of drug-likeness (QED) is 0.369. The highest BCUT2D eigenvalue weighted by Crippen LogP contribution is 2.38. The van der Waals surface area contributed by atoms with Gasteiger partial charge in [-0.2, -0.15) is 0 Å². The van der Waals surface area contributed by atoms with E-state index in [-0.39, 0.29) is 6.79 Å². The Labute approximate surface area is 217 Å². The number of carbonyl (C=O) groups excluding carboxylic acids is 1. The molecular weight excluding hydrogens is 470 g/mol. The fraction of sp³-hybridized carbons (Fsp3) is 0.379. The first kappa shape index (κ1) is 24.7. The van der Waals surface area contributed by atoms with E-state index in [9.17, 15) is 4.79 Å². The Kier molecular flexibility index (Phi) is 7.35. The number of fused-ring (bicyclic) bond motifs is 2. The molecular formula is C29H33N3O5. The van der Waals surface area contributed by atoms with E-state index in [0.717, 1.165) is 67.1 Å². The molecule has 1 N–H and O–H groups in total. The maximum absolute atomic E-state index is 12.9. The van der Waals surface area contributed by atoms with Gasteiger partial charge in [0.05, 0.1) is 31.4 Å². The van der Waals surface area contributed by atoms with Crippen molar-refractivity contribution in [2.45, 2.75) is 52.2 Å². The lowest BCUT2D eigenvalue weighted by Gasteiger charge is -2.24. The Hall–Kier alpha value is -3.94. The third kappa shape index (κ3) is 5.14. The molecule has 1 atom stereocenters. The van der Waals surface area contributed by atoms with Crippen LogP contribution in [0.4, 0.5) is 11.4 Å². The highest BCUT2D eigenvalue weighted by Gasteiger charge is 2.29. The van der Waals surface area contributed by atoms with Crippen molar-refractivity contribution in [3.05, 3.63) is 71.0 Å². The number of nitrogens with one attached hydrogen (secondary N) is 1. The summed E-state index contributed by atoms with van der Waals surface area (Å²) in [6.45, 7) is 5.97. The highest BCUT2D eigenvalue weighted by atomic mass is 16.7. The third-order valence-corrected chi connectivity index (χ3v) is 6.66. The first-order chi connectivity index (χ1) is 18.1. The fourth-order valence-corrected chi connectivity index (χ4v) is 4.96. The van der Waals surface area contributed by atoms with Gasteiger partial charge in [0.1, 0.15) is 5.75 Å². The maximum atomic E-state index is 12.9. The van der Waals surface area contributed by atoms with Gasteiger partial charge in [-0.3, -0.25) is 4.98 Å². The summed E-state index contributed by atoms with van der Waals surface area (Å²) in [5.74, 6) is 1.57. The van der Waals surface area contributed by atoms with Gasteiger partial charge in [0.25, 0.3) is 0 Å². The number of aromatic nitrogens is 1. The zero-order valence-corrected chi connectivity index (χ0v) is 21.6. The minimum absolute atomic E-state index is 0.165. The van der Waals surface area contributed by atoms with Crippen molar-refractivity contribution in [2.75, 3.05) is 30.8 Å². The lowest BCUT2D eigenvalue weighted by atomic mass is 9.97. The standard InChI is InChI=1S/C29H33N3O5/c1-4-6-20-12-19(16-32-17-31-23-15-30-11-10-24(23)32)13-21(7-5-2)27(20)37-28(29(33)34-3)22-8-9-25-26(14-22)36-18-35-25/h8-15,28,31H,4-7,16-18H2,1-3H3. The minimum Gasteiger partial charge on any atom is -0.473 e. The van der Waals surface area contributed by atoms with Gasteiger partial charge in [-0.1, -0.05) is 44.9 Å². The number of methoxy groups -OCH3 is 1. The summed E-state index contributed by atoms with van der Waals surface area (Å²) < 4.78 is 22.7. The predicted molar refractivity (Wildman–Crippen MR) is 141 cm³/mol. The summed E-state index contributed by atoms with van der Waals surface area (Å²) >= 11 is 0. The highest BCUT2D eigenvalue weighted by molar-refractivity contribution is 5.77. The van der Waals surface area contributed by atoms with Crippen molar-refractivity contribution in [1.29, 1.82) is 0 Å². The molecule has 3 heterocycles. The number of anilines is 2. The zero-order valence-electron chi connectivity index (χ0n) is 21.6. The van der Waals surface area contributed by atoms with Crippen molar-refractivity contribution in [3.63, 3.8) is 0 Å². The molecule has 0 saturated heterocycles. The van der Waals surface area contributed by atoms with Crippen LogP contribution in [-0.4, -0.2) is 31.5 Å². The molecule has 1 aromatic heterocycles. The zero-order chi connectivity index (χ0) is 25.8. The molecule has 8 nitrogen and oxygen atoms in total. The molecule has 1 unspecified atom stereocenters. The van der Waals surface area contributed by atoms with Crippen LogP contribution in [0, 0.1) is 0 Å². The lowest BCUT2D eigenvalue weighted by Crippen LogP contribution is -2.23. The summed E-state index contributed by atoms with van der Waals surface area (Å²) in [7, 11) is 1.38. The number of rotatable bonds is 10. The molecule has 2 aromatic carbocycles. The van der Waals surface area contributed by atoms with Gasteiger partial charge in [0.15, 0.2) is 11.5 Å². The largest absolute Gasteiger partial charge is 0.473 e. The second-order valence-electron chi connectivity index (χ2n) is 9.30. The molecule has 0 radical (unpaired) electrons. The molecule has 0 saturated carbocycles. The number of hydrogen-bond donors (Lipinski definition) is 1. The van der Waals surface area contributed by atoms with E-state index in [1.807, 2.05) is 24.5 Å². The van der Waals surface area contributed by atoms with Gasteiger partial charge < -0.3 is 29.2 Å². The molecule has 37 heavy (non-hydrogen) atoms. The van der Waals surface area contributed by atoms with Gasteiger partial charge in [0.2, 0.25) is 12.9 Å². The van der Waals surface area contributed by atoms with E-state index in [1.165, 1.54) is 12.7 Å². The number of benzene rings is 2. The number of ether oxygens (including phenoxy) is 4. The summed E-state index contributed by atoms with van der Waals surface area (Å²) in [6.07, 6.45) is 6.36. The van der Waals surface area contributed by atoms with E-state index in [0.29, 0.717) is 17.1 Å². The topological polar surface area (TPSA) is 82.2 Å². The number of carbonyl (C=O) groups is 1. The Balaban J connectivity index is 1.49. The van der Waals surface area contributed by atoms with Gasteiger partial charge >= 0.3 is 5.97 Å². The molecule has 8 heteroatoms. The molecule has 0 spiro atoms. The first-order valence-electron chi connectivity index (χ1n) is 12.8. The van der Waals surface area contributed by atoms with Crippen molar-refractivity contribution in [3.8, 4) is 17.2 Å². The summed E-state index contributed by atoms with van der Waals surface area (Å²) in [5, 5.41) is 3.41. The predicted octanol–water partition coefficient (Wildman–Crippen LogP) is 5.40. The molecule has 5 rings (SSSR count). The Morgan fingerprint density at radius 1 is 1.08 bits per heavy atom. The number of pyridine rings is 1. The molecule has 0 fully saturated rings. The SMILES string of the molecule is CCCc1cc(CN2CNc3cnccc32)cc(CCC)c1OC(C(=O)OC)c1ccc2c(c1)OCO2. The van der Waals surface area contributed by atoms with Gasteiger partial charge in [-0.25, -0.2) is 4.79 Å². The Bertz CT molecular complexity index is 1250. The van der Waals surface area contributed by atoms with Crippen LogP contribution in [0.2, 0.25) is 0 Å². The second kappa shape index (κ2) is 11.0. The van der Waals surface area contributed by atoms with Crippen LogP contribution in [0.15, 0.2) is 48.8 Å². The molecule has 0 aliphatic carbocycles. The summed E-state index contributed by atoms with van der Waals surface area (Å²) in [6, 6.07) is 11.9. The minimum atomic E-state index is -0.918. The molecule has 194 valence electrons. The summed E-state index contributed by atoms with van der Waals surface area (Å²) in [4.78, 5) is 19.5. The molecule has 2 aliphatic rings. The van der Waals surface area contributed by atoms with E-state index < -0.39 is 12.1 Å². The number of hydrogen-bond acceptors (Lipinski definition) is 8. The van der Waals surface area contributed by atoms with Crippen molar-refractivity contribution in [2.24, 2.45) is 0 Å². The van der Waals surface area contributed by atoms with E-state index in [2.05, 4.69) is 41.2 Å². The number of nitrogens with zero attached hydrogens (tertiary/aromatic N) is 2. The smallest absolute Gasteiger partial charge is 0.351 e. The second-order valence-corrected chi connectivity index (χ2v) is 9.30. The summed E-state index contributed by atoms with van der Waals surface area (Å²) in [5.41, 5.74) is 6.27. The van der Waals surface area contributed by atoms with Crippen LogP contribution in [0.3, 0.4) is 0 Å². The van der Waals surface area contributed by atoms with Gasteiger partial charge in [0, 0.05) is 18.3 Å². The fourth-order valence-electron chi connectivity index (χ4n) is 4.96. The van der Waals surface area contributed by atoms with Crippen molar-refractivity contribution >= 4 is 17.3 Å². The molecule has 2 aliphatic heterocycles. The van der Waals surface area contributed by atoms with E-state index in [4.69, 9.17) is 18.9 Å². The molecule has 0 amide bonds. The number of aryl methyl sites for hydroxylation is 2. The monoisotopic (exact) mass is 503 g/mol. The van der Waals surface area contributed by atoms with Crippen LogP contribution in [0.1, 0.15) is 55.0 Å². The van der Waals surface area contributed by atoms with Gasteiger partial charge in [-0.15, -0.1) is 0 Å². The number of esters is 1. The van der Waals surface area contributed by atoms with Crippen LogP contribution in [0.5, 0.6) is 17.2 Å². The average Bonchev–Trinajstić information content (AvgIpc) is 3.55. The normalized spacial score (nSPS) is 14.2. The Morgan fingerprint density at radius 3 is 2.57 bits per heavy atom. The van der Waals surface area contributed by atoms with E-state index >= 15 is 0 Å². The van der Waals surface area contributed by atoms with E-state index in [1.54, 1.807) is 12.1 Å². The molecule has 3 aromatic rings. The average molecular weight is 504 g/mol. The lowest BCUT2D eigenvalue weighted by molar-refractivity contribution is -0.149. The van der Waals surface area contributed by atoms with Crippen LogP contribution in [0.25, 0.3) is 0 Å². The van der Waals surface area contributed by atoms with Crippen LogP contribution >= 0.6 is 0 Å². The Morgan fingerprint density at radius 2 is 1.84 bits per heavy atom.